The number of anilines is 2. The van der Waals surface area contributed by atoms with Crippen LogP contribution in [0.1, 0.15) is 20.7 Å². The third kappa shape index (κ3) is 5.70. The normalized spacial score (nSPS) is 10.2. The van der Waals surface area contributed by atoms with E-state index in [0.717, 1.165) is 4.90 Å². The molecule has 3 rings (SSSR count). The molecular formula is C22H18N2O4S. The summed E-state index contributed by atoms with van der Waals surface area (Å²) >= 11 is 1.44. The maximum Gasteiger partial charge on any atom is 0.337 e. The van der Waals surface area contributed by atoms with E-state index in [1.54, 1.807) is 36.4 Å². The maximum absolute atomic E-state index is 12.4. The van der Waals surface area contributed by atoms with E-state index in [0.29, 0.717) is 11.3 Å². The minimum atomic E-state index is -1.12. The molecule has 2 amide bonds. The molecule has 0 aliphatic carbocycles. The molecule has 0 aliphatic heterocycles. The third-order valence-corrected chi connectivity index (χ3v) is 4.96. The first-order valence-electron chi connectivity index (χ1n) is 8.74. The number of hydrogen-bond acceptors (Lipinski definition) is 4. The fourth-order valence-electron chi connectivity index (χ4n) is 2.54. The number of hydrogen-bond donors (Lipinski definition) is 3. The Morgan fingerprint density at radius 1 is 0.793 bits per heavy atom. The zero-order valence-electron chi connectivity index (χ0n) is 15.3. The van der Waals surface area contributed by atoms with Crippen LogP contribution < -0.4 is 10.6 Å². The number of carboxylic acids is 1. The average Bonchev–Trinajstić information content (AvgIpc) is 2.74. The lowest BCUT2D eigenvalue weighted by Gasteiger charge is -2.09. The van der Waals surface area contributed by atoms with Crippen LogP contribution in [-0.2, 0) is 4.79 Å². The van der Waals surface area contributed by atoms with Crippen molar-refractivity contribution in [3.8, 4) is 0 Å². The van der Waals surface area contributed by atoms with E-state index in [1.165, 1.54) is 23.9 Å². The van der Waals surface area contributed by atoms with Crippen LogP contribution in [0.25, 0.3) is 0 Å². The summed E-state index contributed by atoms with van der Waals surface area (Å²) in [5.41, 5.74) is 1.16. The van der Waals surface area contributed by atoms with Gasteiger partial charge in [-0.25, -0.2) is 4.79 Å². The first-order chi connectivity index (χ1) is 14.0. The predicted molar refractivity (Wildman–Crippen MR) is 114 cm³/mol. The largest absolute Gasteiger partial charge is 0.478 e. The van der Waals surface area contributed by atoms with Crippen LogP contribution in [0, 0.1) is 0 Å². The van der Waals surface area contributed by atoms with Crippen molar-refractivity contribution in [2.45, 2.75) is 4.90 Å². The van der Waals surface area contributed by atoms with Gasteiger partial charge in [0.15, 0.2) is 0 Å². The molecule has 7 heteroatoms. The van der Waals surface area contributed by atoms with Gasteiger partial charge in [0.2, 0.25) is 5.91 Å². The van der Waals surface area contributed by atoms with Crippen LogP contribution in [0.2, 0.25) is 0 Å². The minimum Gasteiger partial charge on any atom is -0.478 e. The molecule has 29 heavy (non-hydrogen) atoms. The number of nitrogens with one attached hydrogen (secondary N) is 2. The van der Waals surface area contributed by atoms with E-state index in [4.69, 9.17) is 0 Å². The van der Waals surface area contributed by atoms with Crippen molar-refractivity contribution >= 4 is 40.9 Å². The summed E-state index contributed by atoms with van der Waals surface area (Å²) < 4.78 is 0. The number of aromatic carboxylic acids is 1. The van der Waals surface area contributed by atoms with Crippen molar-refractivity contribution in [3.63, 3.8) is 0 Å². The Morgan fingerprint density at radius 3 is 2.14 bits per heavy atom. The zero-order valence-corrected chi connectivity index (χ0v) is 16.1. The summed E-state index contributed by atoms with van der Waals surface area (Å²) in [7, 11) is 0. The zero-order chi connectivity index (χ0) is 20.6. The molecule has 0 aromatic heterocycles. The average molecular weight is 406 g/mol. The van der Waals surface area contributed by atoms with Crippen LogP contribution in [0.15, 0.2) is 83.8 Å². The molecule has 0 heterocycles. The highest BCUT2D eigenvalue weighted by molar-refractivity contribution is 8.00. The van der Waals surface area contributed by atoms with Crippen LogP contribution in [-0.4, -0.2) is 28.6 Å². The van der Waals surface area contributed by atoms with E-state index in [2.05, 4.69) is 10.6 Å². The molecule has 0 spiro atoms. The van der Waals surface area contributed by atoms with Gasteiger partial charge in [0.05, 0.1) is 17.0 Å². The Hall–Kier alpha value is -3.58. The number of benzene rings is 3. The van der Waals surface area contributed by atoms with Crippen molar-refractivity contribution in [2.75, 3.05) is 16.4 Å². The van der Waals surface area contributed by atoms with Gasteiger partial charge in [0, 0.05) is 16.1 Å². The first kappa shape index (κ1) is 20.2. The van der Waals surface area contributed by atoms with Crippen molar-refractivity contribution in [1.82, 2.24) is 0 Å². The predicted octanol–water partition coefficient (Wildman–Crippen LogP) is 4.37. The van der Waals surface area contributed by atoms with Gasteiger partial charge >= 0.3 is 5.97 Å². The molecule has 3 N–H and O–H groups in total. The standard InChI is InChI=1S/C22H18N2O4S/c25-20(14-29-17-6-2-1-3-7-17)23-16-12-10-15(11-13-16)21(26)24-19-9-5-4-8-18(19)22(27)28/h1-13H,14H2,(H,23,25)(H,24,26)(H,27,28). The number of para-hydroxylation sites is 1. The number of rotatable bonds is 7. The molecule has 3 aromatic rings. The van der Waals surface area contributed by atoms with Gasteiger partial charge in [-0.15, -0.1) is 11.8 Å². The second-order valence-corrected chi connectivity index (χ2v) is 7.08. The summed E-state index contributed by atoms with van der Waals surface area (Å²) in [4.78, 5) is 36.7. The summed E-state index contributed by atoms with van der Waals surface area (Å²) in [6.45, 7) is 0. The van der Waals surface area contributed by atoms with E-state index < -0.39 is 11.9 Å². The lowest BCUT2D eigenvalue weighted by Crippen LogP contribution is -2.16. The summed E-state index contributed by atoms with van der Waals surface area (Å²) in [6, 6.07) is 22.2. The molecule has 0 saturated carbocycles. The molecule has 0 aliphatic rings. The fraction of sp³-hybridized carbons (Fsp3) is 0.0455. The summed E-state index contributed by atoms with van der Waals surface area (Å²) in [5, 5.41) is 14.6. The van der Waals surface area contributed by atoms with Crippen molar-refractivity contribution in [1.29, 1.82) is 0 Å². The molecule has 3 aromatic carbocycles. The molecule has 146 valence electrons. The quantitative estimate of drug-likeness (QED) is 0.507. The molecule has 0 unspecified atom stereocenters. The Balaban J connectivity index is 1.57. The maximum atomic E-state index is 12.4. The van der Waals surface area contributed by atoms with Gasteiger partial charge in [-0.05, 0) is 48.5 Å². The summed E-state index contributed by atoms with van der Waals surface area (Å²) in [6.07, 6.45) is 0. The number of carbonyl (C=O) groups excluding carboxylic acids is 2. The molecular weight excluding hydrogens is 388 g/mol. The molecule has 0 saturated heterocycles. The Morgan fingerprint density at radius 2 is 1.45 bits per heavy atom. The second kappa shape index (κ2) is 9.57. The number of carboxylic acid groups (broad SMARTS) is 1. The van der Waals surface area contributed by atoms with Crippen LogP contribution >= 0.6 is 11.8 Å². The monoisotopic (exact) mass is 406 g/mol. The second-order valence-electron chi connectivity index (χ2n) is 6.03. The van der Waals surface area contributed by atoms with Gasteiger partial charge < -0.3 is 15.7 Å². The summed E-state index contributed by atoms with van der Waals surface area (Å²) in [5.74, 6) is -1.42. The third-order valence-electron chi connectivity index (χ3n) is 3.95. The van der Waals surface area contributed by atoms with Crippen LogP contribution in [0.3, 0.4) is 0 Å². The van der Waals surface area contributed by atoms with Gasteiger partial charge in [0.25, 0.3) is 5.91 Å². The van der Waals surface area contributed by atoms with E-state index in [9.17, 15) is 19.5 Å². The van der Waals surface area contributed by atoms with Crippen LogP contribution in [0.5, 0.6) is 0 Å². The lowest BCUT2D eigenvalue weighted by molar-refractivity contribution is -0.113. The van der Waals surface area contributed by atoms with Gasteiger partial charge in [0.1, 0.15) is 0 Å². The smallest absolute Gasteiger partial charge is 0.337 e. The van der Waals surface area contributed by atoms with Gasteiger partial charge in [-0.2, -0.15) is 0 Å². The van der Waals surface area contributed by atoms with Crippen molar-refractivity contribution < 1.29 is 19.5 Å². The van der Waals surface area contributed by atoms with Crippen molar-refractivity contribution in [2.24, 2.45) is 0 Å². The minimum absolute atomic E-state index is 0.0145. The van der Waals surface area contributed by atoms with E-state index in [1.807, 2.05) is 30.3 Å². The van der Waals surface area contributed by atoms with E-state index >= 15 is 0 Å². The molecule has 0 radical (unpaired) electrons. The number of thioether (sulfide) groups is 1. The number of amides is 2. The van der Waals surface area contributed by atoms with E-state index in [-0.39, 0.29) is 22.9 Å². The molecule has 0 bridgehead atoms. The highest BCUT2D eigenvalue weighted by Gasteiger charge is 2.13. The first-order valence-corrected chi connectivity index (χ1v) is 9.73. The Bertz CT molecular complexity index is 1020. The van der Waals surface area contributed by atoms with Gasteiger partial charge in [-0.1, -0.05) is 30.3 Å². The Labute approximate surface area is 172 Å². The van der Waals surface area contributed by atoms with Gasteiger partial charge in [-0.3, -0.25) is 9.59 Å². The Kier molecular flexibility index (Phi) is 6.65. The SMILES string of the molecule is O=C(CSc1ccccc1)Nc1ccc(C(=O)Nc2ccccc2C(=O)O)cc1. The topological polar surface area (TPSA) is 95.5 Å². The highest BCUT2D eigenvalue weighted by Crippen LogP contribution is 2.19. The highest BCUT2D eigenvalue weighted by atomic mass is 32.2. The number of carbonyl (C=O) groups is 3. The molecule has 0 atom stereocenters. The molecule has 0 fully saturated rings. The molecule has 6 nitrogen and oxygen atoms in total. The van der Waals surface area contributed by atoms with Crippen LogP contribution in [0.4, 0.5) is 11.4 Å². The lowest BCUT2D eigenvalue weighted by atomic mass is 10.1. The fourth-order valence-corrected chi connectivity index (χ4v) is 3.26. The van der Waals surface area contributed by atoms with Crippen molar-refractivity contribution in [3.05, 3.63) is 90.0 Å².